The van der Waals surface area contributed by atoms with Gasteiger partial charge in [0.1, 0.15) is 11.5 Å². The Bertz CT molecular complexity index is 755. The molecule has 0 bridgehead atoms. The predicted molar refractivity (Wildman–Crippen MR) is 82.1 cm³/mol. The van der Waals surface area contributed by atoms with Crippen LogP contribution in [0.4, 0.5) is 0 Å². The molecule has 3 heterocycles. The van der Waals surface area contributed by atoms with Gasteiger partial charge >= 0.3 is 0 Å². The summed E-state index contributed by atoms with van der Waals surface area (Å²) in [7, 11) is 2.09. The lowest BCUT2D eigenvalue weighted by atomic mass is 10.2. The summed E-state index contributed by atoms with van der Waals surface area (Å²) in [6, 6.07) is 5.89. The van der Waals surface area contributed by atoms with Crippen LogP contribution in [-0.2, 0) is 25.9 Å². The van der Waals surface area contributed by atoms with Crippen molar-refractivity contribution in [3.8, 4) is 11.5 Å². The number of H-pyrrole nitrogens is 2. The van der Waals surface area contributed by atoms with Crippen molar-refractivity contribution in [3.05, 3.63) is 47.1 Å². The monoisotopic (exact) mass is 297 g/mol. The van der Waals surface area contributed by atoms with Gasteiger partial charge in [-0.15, -0.1) is 0 Å². The zero-order valence-corrected chi connectivity index (χ0v) is 12.6. The van der Waals surface area contributed by atoms with Gasteiger partial charge in [0.2, 0.25) is 0 Å². The van der Waals surface area contributed by atoms with Crippen molar-refractivity contribution in [1.82, 2.24) is 25.3 Å². The highest BCUT2D eigenvalue weighted by Gasteiger charge is 2.19. The molecule has 2 N–H and O–H groups in total. The lowest BCUT2D eigenvalue weighted by molar-refractivity contribution is 0.285. The summed E-state index contributed by atoms with van der Waals surface area (Å²) >= 11 is 0. The molecule has 0 aromatic carbocycles. The van der Waals surface area contributed by atoms with Crippen LogP contribution in [0.5, 0.6) is 0 Å². The minimum atomic E-state index is 0.760. The normalized spacial score (nSPS) is 13.9. The van der Waals surface area contributed by atoms with Gasteiger partial charge < -0.3 is 4.42 Å². The van der Waals surface area contributed by atoms with Crippen molar-refractivity contribution in [2.45, 2.75) is 32.4 Å². The molecule has 0 aliphatic heterocycles. The first-order valence-corrected chi connectivity index (χ1v) is 7.61. The molecule has 3 aromatic rings. The predicted octanol–water partition coefficient (Wildman–Crippen LogP) is 2.51. The molecule has 3 aromatic heterocycles. The molecule has 0 spiro atoms. The average Bonchev–Trinajstić information content (AvgIpc) is 3.24. The summed E-state index contributed by atoms with van der Waals surface area (Å²) < 4.78 is 5.87. The van der Waals surface area contributed by atoms with E-state index in [0.29, 0.717) is 0 Å². The molecule has 0 saturated heterocycles. The van der Waals surface area contributed by atoms with Crippen molar-refractivity contribution >= 4 is 0 Å². The largest absolute Gasteiger partial charge is 0.458 e. The number of nitrogens with zero attached hydrogens (tertiary/aromatic N) is 3. The Balaban J connectivity index is 1.42. The first kappa shape index (κ1) is 13.3. The SMILES string of the molecule is CN(Cc1ccc(-c2ccn[nH]2)o1)Cc1n[nH]c2c1CCC2. The lowest BCUT2D eigenvalue weighted by Crippen LogP contribution is -2.17. The third kappa shape index (κ3) is 2.46. The fourth-order valence-corrected chi connectivity index (χ4v) is 3.10. The second-order valence-corrected chi connectivity index (χ2v) is 5.89. The summed E-state index contributed by atoms with van der Waals surface area (Å²) in [6.45, 7) is 1.60. The van der Waals surface area contributed by atoms with Gasteiger partial charge in [0.15, 0.2) is 5.76 Å². The fourth-order valence-electron chi connectivity index (χ4n) is 3.10. The number of hydrogen-bond donors (Lipinski definition) is 2. The third-order valence-electron chi connectivity index (χ3n) is 4.17. The number of hydrogen-bond acceptors (Lipinski definition) is 4. The molecule has 0 amide bonds. The molecule has 0 unspecified atom stereocenters. The van der Waals surface area contributed by atoms with Crippen LogP contribution in [0.15, 0.2) is 28.8 Å². The van der Waals surface area contributed by atoms with Crippen LogP contribution in [0.1, 0.15) is 29.1 Å². The van der Waals surface area contributed by atoms with Crippen molar-refractivity contribution in [1.29, 1.82) is 0 Å². The molecule has 6 nitrogen and oxygen atoms in total. The van der Waals surface area contributed by atoms with E-state index in [-0.39, 0.29) is 0 Å². The van der Waals surface area contributed by atoms with E-state index < -0.39 is 0 Å². The maximum absolute atomic E-state index is 5.87. The molecule has 0 fully saturated rings. The number of nitrogens with one attached hydrogen (secondary N) is 2. The van der Waals surface area contributed by atoms with Gasteiger partial charge in [0, 0.05) is 18.4 Å². The standard InChI is InChI=1S/C16H19N5O/c1-21(10-15-12-3-2-4-13(12)19-20-15)9-11-5-6-16(22-11)14-7-8-17-18-14/h5-8H,2-4,9-10H2,1H3,(H,17,18)(H,19,20). The number of aromatic amines is 2. The summed E-state index contributed by atoms with van der Waals surface area (Å²) in [4.78, 5) is 2.23. The Labute approximate surface area is 128 Å². The Morgan fingerprint density at radius 1 is 1.18 bits per heavy atom. The minimum absolute atomic E-state index is 0.760. The van der Waals surface area contributed by atoms with Crippen LogP contribution in [0.3, 0.4) is 0 Å². The minimum Gasteiger partial charge on any atom is -0.458 e. The maximum Gasteiger partial charge on any atom is 0.152 e. The van der Waals surface area contributed by atoms with Gasteiger partial charge in [-0.3, -0.25) is 15.1 Å². The molecule has 114 valence electrons. The van der Waals surface area contributed by atoms with Gasteiger partial charge in [-0.25, -0.2) is 0 Å². The highest BCUT2D eigenvalue weighted by Crippen LogP contribution is 2.24. The van der Waals surface area contributed by atoms with Gasteiger partial charge in [0.25, 0.3) is 0 Å². The van der Waals surface area contributed by atoms with E-state index >= 15 is 0 Å². The van der Waals surface area contributed by atoms with Crippen LogP contribution < -0.4 is 0 Å². The molecule has 0 saturated carbocycles. The fraction of sp³-hybridized carbons (Fsp3) is 0.375. The molecule has 22 heavy (non-hydrogen) atoms. The van der Waals surface area contributed by atoms with E-state index in [0.717, 1.165) is 43.1 Å². The lowest BCUT2D eigenvalue weighted by Gasteiger charge is -2.14. The molecule has 1 aliphatic rings. The smallest absolute Gasteiger partial charge is 0.152 e. The van der Waals surface area contributed by atoms with E-state index in [9.17, 15) is 0 Å². The maximum atomic E-state index is 5.87. The van der Waals surface area contributed by atoms with E-state index in [1.807, 2.05) is 18.2 Å². The van der Waals surface area contributed by atoms with Crippen LogP contribution in [-0.4, -0.2) is 32.3 Å². The Morgan fingerprint density at radius 3 is 3.00 bits per heavy atom. The molecule has 0 atom stereocenters. The van der Waals surface area contributed by atoms with Crippen LogP contribution in [0.25, 0.3) is 11.5 Å². The Kier molecular flexibility index (Phi) is 3.31. The van der Waals surface area contributed by atoms with E-state index in [4.69, 9.17) is 4.42 Å². The summed E-state index contributed by atoms with van der Waals surface area (Å²) in [5, 5.41) is 14.5. The van der Waals surface area contributed by atoms with Crippen molar-refractivity contribution in [2.24, 2.45) is 0 Å². The number of aryl methyl sites for hydroxylation is 1. The van der Waals surface area contributed by atoms with Crippen LogP contribution in [0.2, 0.25) is 0 Å². The first-order valence-electron chi connectivity index (χ1n) is 7.61. The number of fused-ring (bicyclic) bond motifs is 1. The van der Waals surface area contributed by atoms with Gasteiger partial charge in [-0.05, 0) is 50.1 Å². The van der Waals surface area contributed by atoms with E-state index in [1.165, 1.54) is 23.4 Å². The van der Waals surface area contributed by atoms with Crippen molar-refractivity contribution in [2.75, 3.05) is 7.05 Å². The summed E-state index contributed by atoms with van der Waals surface area (Å²) in [6.07, 6.45) is 5.26. The molecule has 1 aliphatic carbocycles. The van der Waals surface area contributed by atoms with Gasteiger partial charge in [0.05, 0.1) is 12.2 Å². The number of furan rings is 1. The Hall–Kier alpha value is -2.34. The van der Waals surface area contributed by atoms with Gasteiger partial charge in [-0.2, -0.15) is 10.2 Å². The summed E-state index contributed by atoms with van der Waals surface area (Å²) in [5.74, 6) is 1.76. The first-order chi connectivity index (χ1) is 10.8. The third-order valence-corrected chi connectivity index (χ3v) is 4.17. The van der Waals surface area contributed by atoms with E-state index in [2.05, 4.69) is 32.3 Å². The quantitative estimate of drug-likeness (QED) is 0.759. The zero-order chi connectivity index (χ0) is 14.9. The number of aromatic nitrogens is 4. The topological polar surface area (TPSA) is 73.7 Å². The van der Waals surface area contributed by atoms with Crippen molar-refractivity contribution in [3.63, 3.8) is 0 Å². The number of rotatable bonds is 5. The van der Waals surface area contributed by atoms with E-state index in [1.54, 1.807) is 6.20 Å². The highest BCUT2D eigenvalue weighted by atomic mass is 16.3. The second kappa shape index (κ2) is 5.46. The molecule has 4 rings (SSSR count). The molecular formula is C16H19N5O. The van der Waals surface area contributed by atoms with Gasteiger partial charge in [-0.1, -0.05) is 0 Å². The zero-order valence-electron chi connectivity index (χ0n) is 12.6. The Morgan fingerprint density at radius 2 is 2.14 bits per heavy atom. The van der Waals surface area contributed by atoms with Crippen LogP contribution >= 0.6 is 0 Å². The molecule has 0 radical (unpaired) electrons. The van der Waals surface area contributed by atoms with Crippen LogP contribution in [0, 0.1) is 0 Å². The van der Waals surface area contributed by atoms with Crippen molar-refractivity contribution < 1.29 is 4.42 Å². The summed E-state index contributed by atoms with van der Waals surface area (Å²) in [5.41, 5.74) is 4.82. The molecular weight excluding hydrogens is 278 g/mol. The second-order valence-electron chi connectivity index (χ2n) is 5.89. The highest BCUT2D eigenvalue weighted by molar-refractivity contribution is 5.51. The molecule has 6 heteroatoms. The average molecular weight is 297 g/mol.